The van der Waals surface area contributed by atoms with Gasteiger partial charge in [0.1, 0.15) is 5.54 Å². The topological polar surface area (TPSA) is 134 Å². The van der Waals surface area contributed by atoms with Crippen LogP contribution in [0.2, 0.25) is 0 Å². The Morgan fingerprint density at radius 1 is 1.30 bits per heavy atom. The number of pyridine rings is 1. The van der Waals surface area contributed by atoms with Gasteiger partial charge in [-0.05, 0) is 44.7 Å². The van der Waals surface area contributed by atoms with Crippen LogP contribution in [0.1, 0.15) is 44.2 Å². The molecule has 4 heterocycles. The fourth-order valence-electron chi connectivity index (χ4n) is 3.97. The first-order valence-electron chi connectivity index (χ1n) is 10.8. The zero-order valence-corrected chi connectivity index (χ0v) is 18.3. The number of carbonyl (C=O) groups is 1. The van der Waals surface area contributed by atoms with Gasteiger partial charge in [0.15, 0.2) is 5.82 Å². The second-order valence-electron chi connectivity index (χ2n) is 8.41. The first kappa shape index (κ1) is 21.0. The number of hydrogen-bond donors (Lipinski definition) is 3. The fourth-order valence-corrected chi connectivity index (χ4v) is 3.97. The summed E-state index contributed by atoms with van der Waals surface area (Å²) in [6.45, 7) is 2.40. The van der Waals surface area contributed by atoms with E-state index in [1.165, 1.54) is 25.4 Å². The van der Waals surface area contributed by atoms with E-state index in [1.807, 2.05) is 17.9 Å². The predicted molar refractivity (Wildman–Crippen MR) is 118 cm³/mol. The second-order valence-corrected chi connectivity index (χ2v) is 8.41. The van der Waals surface area contributed by atoms with Crippen LogP contribution in [0.25, 0.3) is 0 Å². The largest absolute Gasteiger partial charge is 0.467 e. The van der Waals surface area contributed by atoms with E-state index < -0.39 is 11.5 Å². The van der Waals surface area contributed by atoms with Gasteiger partial charge in [-0.25, -0.2) is 4.98 Å². The quantitative estimate of drug-likeness (QED) is 0.462. The number of rotatable bonds is 7. The number of ether oxygens (including phenoxy) is 1. The second kappa shape index (κ2) is 8.26. The number of nitrogens with one attached hydrogen (secondary N) is 3. The van der Waals surface area contributed by atoms with Gasteiger partial charge in [-0.2, -0.15) is 24.4 Å². The van der Waals surface area contributed by atoms with Gasteiger partial charge in [0, 0.05) is 24.2 Å². The first-order chi connectivity index (χ1) is 15.9. The van der Waals surface area contributed by atoms with Gasteiger partial charge in [-0.3, -0.25) is 9.89 Å². The number of anilines is 4. The molecule has 172 valence electrons. The molecular formula is C21H24FN9O2. The summed E-state index contributed by atoms with van der Waals surface area (Å²) >= 11 is 0. The zero-order chi connectivity index (χ0) is 23.0. The van der Waals surface area contributed by atoms with E-state index in [4.69, 9.17) is 4.74 Å². The van der Waals surface area contributed by atoms with E-state index >= 15 is 0 Å². The average Bonchev–Trinajstić information content (AvgIpc) is 3.43. The van der Waals surface area contributed by atoms with Crippen LogP contribution in [0.3, 0.4) is 0 Å². The molecule has 1 aliphatic heterocycles. The normalized spacial score (nSPS) is 20.0. The molecule has 2 fully saturated rings. The lowest BCUT2D eigenvalue weighted by molar-refractivity contribution is -0.120. The molecule has 3 aromatic heterocycles. The Kier molecular flexibility index (Phi) is 5.27. The highest BCUT2D eigenvalue weighted by atomic mass is 19.1. The molecule has 0 bridgehead atoms. The highest BCUT2D eigenvalue weighted by Gasteiger charge is 2.45. The van der Waals surface area contributed by atoms with Crippen LogP contribution < -0.4 is 20.3 Å². The number of halogens is 1. The monoisotopic (exact) mass is 453 g/mol. The van der Waals surface area contributed by atoms with Gasteiger partial charge in [0.05, 0.1) is 19.0 Å². The molecule has 11 nitrogen and oxygen atoms in total. The Labute approximate surface area is 189 Å². The lowest BCUT2D eigenvalue weighted by Crippen LogP contribution is -2.51. The third-order valence-corrected chi connectivity index (χ3v) is 6.00. The van der Waals surface area contributed by atoms with Crippen LogP contribution in [0, 0.1) is 5.95 Å². The van der Waals surface area contributed by atoms with Crippen molar-refractivity contribution in [2.24, 2.45) is 0 Å². The summed E-state index contributed by atoms with van der Waals surface area (Å²) in [6, 6.07) is 4.73. The third-order valence-electron chi connectivity index (χ3n) is 6.00. The minimum absolute atomic E-state index is 0.123. The van der Waals surface area contributed by atoms with E-state index in [0.29, 0.717) is 36.3 Å². The third kappa shape index (κ3) is 4.28. The summed E-state index contributed by atoms with van der Waals surface area (Å²) < 4.78 is 18.4. The summed E-state index contributed by atoms with van der Waals surface area (Å²) in [6.07, 6.45) is 4.97. The molecule has 3 N–H and O–H groups in total. The van der Waals surface area contributed by atoms with Crippen LogP contribution in [0.15, 0.2) is 24.4 Å². The molecule has 1 amide bonds. The zero-order valence-electron chi connectivity index (χ0n) is 18.3. The molecule has 0 spiro atoms. The Hall–Kier alpha value is -3.83. The molecule has 1 saturated heterocycles. The van der Waals surface area contributed by atoms with E-state index in [0.717, 1.165) is 25.0 Å². The minimum Gasteiger partial charge on any atom is -0.467 e. The van der Waals surface area contributed by atoms with E-state index in [2.05, 4.69) is 40.8 Å². The number of methoxy groups -OCH3 is 1. The van der Waals surface area contributed by atoms with Crippen molar-refractivity contribution in [2.75, 3.05) is 29.2 Å². The summed E-state index contributed by atoms with van der Waals surface area (Å²) in [5.74, 6) is 0.847. The fraction of sp³-hybridized carbons (Fsp3) is 0.429. The lowest BCUT2D eigenvalue weighted by Gasteiger charge is -2.33. The minimum atomic E-state index is -0.927. The van der Waals surface area contributed by atoms with Crippen molar-refractivity contribution < 1.29 is 13.9 Å². The van der Waals surface area contributed by atoms with Crippen molar-refractivity contribution in [1.29, 1.82) is 0 Å². The van der Waals surface area contributed by atoms with Gasteiger partial charge in [0.25, 0.3) is 0 Å². The predicted octanol–water partition coefficient (Wildman–Crippen LogP) is 2.76. The van der Waals surface area contributed by atoms with Crippen LogP contribution in [0.5, 0.6) is 6.01 Å². The van der Waals surface area contributed by atoms with Crippen molar-refractivity contribution >= 4 is 29.3 Å². The molecule has 1 unspecified atom stereocenters. The first-order valence-corrected chi connectivity index (χ1v) is 10.8. The van der Waals surface area contributed by atoms with Gasteiger partial charge >= 0.3 is 6.01 Å². The maximum absolute atomic E-state index is 13.2. The summed E-state index contributed by atoms with van der Waals surface area (Å²) in [4.78, 5) is 31.8. The van der Waals surface area contributed by atoms with E-state index in [9.17, 15) is 9.18 Å². The van der Waals surface area contributed by atoms with Gasteiger partial charge in [0.2, 0.25) is 23.8 Å². The Morgan fingerprint density at radius 2 is 2.15 bits per heavy atom. The molecule has 0 radical (unpaired) electrons. The van der Waals surface area contributed by atoms with Gasteiger partial charge in [-0.1, -0.05) is 0 Å². The number of amides is 1. The maximum atomic E-state index is 13.2. The molecule has 2 aliphatic rings. The summed E-state index contributed by atoms with van der Waals surface area (Å²) in [5, 5.41) is 13.2. The molecule has 1 aliphatic carbocycles. The van der Waals surface area contributed by atoms with Crippen molar-refractivity contribution in [1.82, 2.24) is 30.1 Å². The van der Waals surface area contributed by atoms with E-state index in [-0.39, 0.29) is 17.9 Å². The number of aromatic amines is 1. The molecule has 1 saturated carbocycles. The molecule has 1 atom stereocenters. The van der Waals surface area contributed by atoms with Gasteiger partial charge in [-0.15, -0.1) is 0 Å². The molecule has 5 rings (SSSR count). The van der Waals surface area contributed by atoms with Gasteiger partial charge < -0.3 is 20.3 Å². The van der Waals surface area contributed by atoms with Crippen LogP contribution >= 0.6 is 0 Å². The molecule has 3 aromatic rings. The maximum Gasteiger partial charge on any atom is 0.322 e. The SMILES string of the molecule is COc1nc(Nc2cc(C3CC3)[nH]n2)nc(N2CCCC2(C)C(=O)Nc2ccc(F)nc2)n1. The molecular weight excluding hydrogens is 429 g/mol. The number of nitrogens with zero attached hydrogens (tertiary/aromatic N) is 6. The van der Waals surface area contributed by atoms with E-state index in [1.54, 1.807) is 0 Å². The lowest BCUT2D eigenvalue weighted by atomic mass is 9.97. The number of aromatic nitrogens is 6. The smallest absolute Gasteiger partial charge is 0.322 e. The highest BCUT2D eigenvalue weighted by molar-refractivity contribution is 6.00. The standard InChI is InChI=1S/C21H24FN9O2/c1-21(17(32)24-13-6-7-15(22)23-11-13)8-3-9-31(21)19-26-18(27-20(28-19)33-2)25-16-10-14(29-30-16)12-4-5-12/h6-7,10-12H,3-5,8-9H2,1-2H3,(H,24,32)(H2,25,26,27,28,29,30). The Balaban J connectivity index is 1.39. The number of H-pyrrole nitrogens is 1. The van der Waals surface area contributed by atoms with Crippen LogP contribution in [-0.2, 0) is 4.79 Å². The van der Waals surface area contributed by atoms with Crippen LogP contribution in [0.4, 0.5) is 27.8 Å². The Morgan fingerprint density at radius 3 is 2.88 bits per heavy atom. The number of carbonyl (C=O) groups excluding carboxylic acids is 1. The highest BCUT2D eigenvalue weighted by Crippen LogP contribution is 2.40. The summed E-state index contributed by atoms with van der Waals surface area (Å²) in [5.41, 5.74) is 0.566. The summed E-state index contributed by atoms with van der Waals surface area (Å²) in [7, 11) is 1.47. The Bertz CT molecular complexity index is 1160. The number of hydrogen-bond acceptors (Lipinski definition) is 9. The van der Waals surface area contributed by atoms with Crippen LogP contribution in [-0.4, -0.2) is 55.2 Å². The molecule has 12 heteroatoms. The molecule has 0 aromatic carbocycles. The molecule has 33 heavy (non-hydrogen) atoms. The van der Waals surface area contributed by atoms with Crippen molar-refractivity contribution in [2.45, 2.75) is 44.1 Å². The van der Waals surface area contributed by atoms with Crippen molar-refractivity contribution in [3.63, 3.8) is 0 Å². The van der Waals surface area contributed by atoms with Crippen molar-refractivity contribution in [3.05, 3.63) is 36.0 Å². The average molecular weight is 453 g/mol. The van der Waals surface area contributed by atoms with Crippen molar-refractivity contribution in [3.8, 4) is 6.01 Å².